The number of nitrogens with one attached hydrogen (secondary N) is 2. The number of fused-ring (bicyclic) bond motifs is 1. The van der Waals surface area contributed by atoms with Crippen LogP contribution in [0.3, 0.4) is 0 Å². The van der Waals surface area contributed by atoms with Crippen LogP contribution in [0.5, 0.6) is 5.75 Å². The number of hydrogen-bond acceptors (Lipinski definition) is 8. The number of methoxy groups -OCH3 is 1. The highest BCUT2D eigenvalue weighted by Gasteiger charge is 2.36. The summed E-state index contributed by atoms with van der Waals surface area (Å²) in [6, 6.07) is 12.4. The molecule has 2 N–H and O–H groups in total. The molecule has 0 radical (unpaired) electrons. The van der Waals surface area contributed by atoms with E-state index < -0.39 is 5.92 Å². The van der Waals surface area contributed by atoms with Crippen molar-refractivity contribution in [3.8, 4) is 5.75 Å². The molecule has 1 aliphatic carbocycles. The SMILES string of the molecule is COc1cc2c(cc1Nc1ncc(Cl)c(Nc3ccccc3N(C)SC)n1)CCCC(N1CCC(F)(F)CC1)C2. The van der Waals surface area contributed by atoms with Crippen LogP contribution in [0.25, 0.3) is 0 Å². The molecule has 0 amide bonds. The van der Waals surface area contributed by atoms with E-state index in [0.29, 0.717) is 35.6 Å². The minimum absolute atomic E-state index is 0.0552. The molecule has 1 atom stereocenters. The molecule has 2 aliphatic rings. The maximum absolute atomic E-state index is 13.7. The minimum atomic E-state index is -2.53. The zero-order valence-corrected chi connectivity index (χ0v) is 24.6. The molecule has 3 aromatic rings. The summed E-state index contributed by atoms with van der Waals surface area (Å²) in [6.45, 7) is 0.901. The molecule has 1 saturated heterocycles. The number of rotatable bonds is 8. The molecule has 2 heterocycles. The van der Waals surface area contributed by atoms with E-state index in [0.717, 1.165) is 42.7 Å². The molecule has 7 nitrogen and oxygen atoms in total. The van der Waals surface area contributed by atoms with E-state index in [9.17, 15) is 8.78 Å². The van der Waals surface area contributed by atoms with Crippen LogP contribution < -0.4 is 19.7 Å². The van der Waals surface area contributed by atoms with Crippen LogP contribution in [-0.2, 0) is 12.8 Å². The van der Waals surface area contributed by atoms with Gasteiger partial charge in [-0.3, -0.25) is 4.90 Å². The third-order valence-electron chi connectivity index (χ3n) is 7.77. The van der Waals surface area contributed by atoms with Crippen molar-refractivity contribution in [3.63, 3.8) is 0 Å². The van der Waals surface area contributed by atoms with Gasteiger partial charge in [0.25, 0.3) is 5.92 Å². The molecular formula is C29H35ClF2N6OS. The van der Waals surface area contributed by atoms with Gasteiger partial charge in [-0.05, 0) is 61.1 Å². The van der Waals surface area contributed by atoms with Crippen LogP contribution in [0.2, 0.25) is 5.02 Å². The van der Waals surface area contributed by atoms with E-state index in [1.165, 1.54) is 11.1 Å². The summed E-state index contributed by atoms with van der Waals surface area (Å²) in [7, 11) is 3.64. The average Bonchev–Trinajstić information content (AvgIpc) is 3.16. The van der Waals surface area contributed by atoms with E-state index in [4.69, 9.17) is 16.3 Å². The first-order valence-electron chi connectivity index (χ1n) is 13.5. The molecule has 214 valence electrons. The number of piperidine rings is 1. The molecule has 1 aliphatic heterocycles. The van der Waals surface area contributed by atoms with Gasteiger partial charge in [-0.15, -0.1) is 0 Å². The fraction of sp³-hybridized carbons (Fsp3) is 0.448. The van der Waals surface area contributed by atoms with Gasteiger partial charge in [0, 0.05) is 45.3 Å². The highest BCUT2D eigenvalue weighted by Crippen LogP contribution is 2.37. The Balaban J connectivity index is 1.36. The Kier molecular flexibility index (Phi) is 8.87. The third kappa shape index (κ3) is 6.56. The number of para-hydroxylation sites is 2. The lowest BCUT2D eigenvalue weighted by molar-refractivity contribution is -0.0635. The average molecular weight is 589 g/mol. The van der Waals surface area contributed by atoms with Crippen molar-refractivity contribution in [1.82, 2.24) is 14.9 Å². The molecule has 2 aromatic carbocycles. The standard InChI is InChI=1S/C29H35ClF2N6OS/c1-37(40-3)25-10-5-4-9-23(25)34-27-22(30)18-33-28(36-27)35-24-16-19-7-6-8-21(15-20(19)17-26(24)39-2)38-13-11-29(31,32)12-14-38/h4-5,9-10,16-18,21H,6-8,11-15H2,1-3H3,(H2,33,34,35,36). The first-order chi connectivity index (χ1) is 19.3. The van der Waals surface area contributed by atoms with Crippen molar-refractivity contribution >= 4 is 52.4 Å². The topological polar surface area (TPSA) is 65.5 Å². The highest BCUT2D eigenvalue weighted by atomic mass is 35.5. The largest absolute Gasteiger partial charge is 0.495 e. The normalized spacial score (nSPS) is 18.9. The maximum atomic E-state index is 13.7. The third-order valence-corrected chi connectivity index (χ3v) is 8.79. The van der Waals surface area contributed by atoms with Gasteiger partial charge in [0.15, 0.2) is 5.82 Å². The fourth-order valence-electron chi connectivity index (χ4n) is 5.48. The summed E-state index contributed by atoms with van der Waals surface area (Å²) < 4.78 is 35.3. The van der Waals surface area contributed by atoms with Gasteiger partial charge in [0.2, 0.25) is 5.95 Å². The summed E-state index contributed by atoms with van der Waals surface area (Å²) in [4.78, 5) is 11.3. The van der Waals surface area contributed by atoms with Gasteiger partial charge < -0.3 is 19.7 Å². The summed E-state index contributed by atoms with van der Waals surface area (Å²) in [5, 5.41) is 7.08. The molecule has 1 unspecified atom stereocenters. The summed E-state index contributed by atoms with van der Waals surface area (Å²) in [6.07, 6.45) is 7.22. The van der Waals surface area contributed by atoms with E-state index >= 15 is 0 Å². The lowest BCUT2D eigenvalue weighted by Gasteiger charge is -2.37. The van der Waals surface area contributed by atoms with Crippen molar-refractivity contribution in [2.75, 3.05) is 48.4 Å². The first kappa shape index (κ1) is 28.7. The van der Waals surface area contributed by atoms with Gasteiger partial charge in [-0.25, -0.2) is 13.8 Å². The van der Waals surface area contributed by atoms with Crippen LogP contribution in [0.1, 0.15) is 36.8 Å². The number of aryl methyl sites for hydroxylation is 1. The molecule has 11 heteroatoms. The summed E-state index contributed by atoms with van der Waals surface area (Å²) in [5.41, 5.74) is 5.09. The minimum Gasteiger partial charge on any atom is -0.495 e. The fourth-order valence-corrected chi connectivity index (χ4v) is 5.98. The van der Waals surface area contributed by atoms with Crippen molar-refractivity contribution < 1.29 is 13.5 Å². The Labute approximate surface area is 243 Å². The zero-order valence-electron chi connectivity index (χ0n) is 23.0. The number of anilines is 5. The molecule has 0 spiro atoms. The van der Waals surface area contributed by atoms with Crippen LogP contribution in [0, 0.1) is 0 Å². The van der Waals surface area contributed by atoms with Crippen molar-refractivity contribution in [2.24, 2.45) is 0 Å². The highest BCUT2D eigenvalue weighted by molar-refractivity contribution is 7.99. The van der Waals surface area contributed by atoms with Crippen LogP contribution in [0.4, 0.5) is 37.6 Å². The van der Waals surface area contributed by atoms with Crippen molar-refractivity contribution in [3.05, 3.63) is 58.7 Å². The van der Waals surface area contributed by atoms with E-state index in [2.05, 4.69) is 41.9 Å². The lowest BCUT2D eigenvalue weighted by Crippen LogP contribution is -2.45. The molecule has 0 bridgehead atoms. The summed E-state index contributed by atoms with van der Waals surface area (Å²) >= 11 is 8.08. The molecule has 1 aromatic heterocycles. The van der Waals surface area contributed by atoms with E-state index in [1.54, 1.807) is 25.3 Å². The number of benzene rings is 2. The van der Waals surface area contributed by atoms with Gasteiger partial charge in [-0.1, -0.05) is 35.7 Å². The van der Waals surface area contributed by atoms with E-state index in [1.807, 2.05) is 37.6 Å². The number of likely N-dealkylation sites (tertiary alicyclic amines) is 1. The van der Waals surface area contributed by atoms with Gasteiger partial charge in [0.1, 0.15) is 10.8 Å². The lowest BCUT2D eigenvalue weighted by atomic mass is 9.97. The number of ether oxygens (including phenoxy) is 1. The van der Waals surface area contributed by atoms with Crippen molar-refractivity contribution in [1.29, 1.82) is 0 Å². The van der Waals surface area contributed by atoms with Gasteiger partial charge >= 0.3 is 0 Å². The number of halogens is 3. The number of hydrogen-bond donors (Lipinski definition) is 2. The molecule has 5 rings (SSSR count). The molecular weight excluding hydrogens is 554 g/mol. The second-order valence-electron chi connectivity index (χ2n) is 10.3. The second kappa shape index (κ2) is 12.4. The predicted molar refractivity (Wildman–Crippen MR) is 161 cm³/mol. The maximum Gasteiger partial charge on any atom is 0.250 e. The Morgan fingerprint density at radius 2 is 1.90 bits per heavy atom. The van der Waals surface area contributed by atoms with Crippen molar-refractivity contribution in [2.45, 2.75) is 50.5 Å². The Morgan fingerprint density at radius 1 is 1.12 bits per heavy atom. The van der Waals surface area contributed by atoms with Crippen LogP contribution in [0.15, 0.2) is 42.6 Å². The first-order valence-corrected chi connectivity index (χ1v) is 15.1. The Bertz CT molecular complexity index is 1340. The van der Waals surface area contributed by atoms with E-state index in [-0.39, 0.29) is 18.9 Å². The summed E-state index contributed by atoms with van der Waals surface area (Å²) in [5.74, 6) is -0.966. The molecule has 40 heavy (non-hydrogen) atoms. The smallest absolute Gasteiger partial charge is 0.250 e. The van der Waals surface area contributed by atoms with Crippen LogP contribution >= 0.6 is 23.5 Å². The Hall–Kier alpha value is -2.82. The van der Waals surface area contributed by atoms with Gasteiger partial charge in [0.05, 0.1) is 30.4 Å². The Morgan fingerprint density at radius 3 is 2.65 bits per heavy atom. The van der Waals surface area contributed by atoms with Crippen LogP contribution in [-0.4, -0.2) is 60.3 Å². The molecule has 0 saturated carbocycles. The number of alkyl halides is 2. The molecule has 1 fully saturated rings. The quantitative estimate of drug-likeness (QED) is 0.210. The monoisotopic (exact) mass is 588 g/mol. The zero-order chi connectivity index (χ0) is 28.3. The second-order valence-corrected chi connectivity index (χ2v) is 11.6. The van der Waals surface area contributed by atoms with Gasteiger partial charge in [-0.2, -0.15) is 4.98 Å². The number of aromatic nitrogens is 2. The number of nitrogens with zero attached hydrogens (tertiary/aromatic N) is 4. The predicted octanol–water partition coefficient (Wildman–Crippen LogP) is 7.32.